The summed E-state index contributed by atoms with van der Waals surface area (Å²) in [6, 6.07) is 20.8. The van der Waals surface area contributed by atoms with E-state index in [1.54, 1.807) is 88.4 Å². The summed E-state index contributed by atoms with van der Waals surface area (Å²) >= 11 is 3.29. The summed E-state index contributed by atoms with van der Waals surface area (Å²) in [5, 5.41) is 17.8. The highest BCUT2D eigenvalue weighted by atomic mass is 79.9. The highest BCUT2D eigenvalue weighted by Gasteiger charge is 2.67. The summed E-state index contributed by atoms with van der Waals surface area (Å²) in [5.74, 6) is -1.17. The molecule has 5 rings (SSSR count). The number of benzene rings is 3. The minimum atomic E-state index is -2.39. The molecule has 2 unspecified atom stereocenters. The average molecular weight is 726 g/mol. The summed E-state index contributed by atoms with van der Waals surface area (Å²) in [4.78, 5) is 57.9. The first kappa shape index (κ1) is 33.4. The molecule has 16 heteroatoms. The lowest BCUT2D eigenvalue weighted by Crippen LogP contribution is -2.64. The third-order valence-corrected chi connectivity index (χ3v) is 8.75. The number of nitro benzene ring substituents is 1. The second-order valence-electron chi connectivity index (χ2n) is 10.8. The highest BCUT2D eigenvalue weighted by molar-refractivity contribution is 9.10. The van der Waals surface area contributed by atoms with Crippen LogP contribution in [-0.2, 0) is 30.8 Å². The number of anilines is 1. The van der Waals surface area contributed by atoms with Gasteiger partial charge in [0.15, 0.2) is 0 Å². The summed E-state index contributed by atoms with van der Waals surface area (Å²) in [6.45, 7) is 6.33. The van der Waals surface area contributed by atoms with Gasteiger partial charge < -0.3 is 9.47 Å². The number of amides is 3. The molecule has 2 aliphatic heterocycles. The van der Waals surface area contributed by atoms with Crippen LogP contribution in [0.4, 0.5) is 21.0 Å². The molecule has 3 aromatic carbocycles. The predicted octanol–water partition coefficient (Wildman–Crippen LogP) is 5.73. The number of carbonyl (C=O) groups excluding carboxylic acids is 3. The number of amidine groups is 1. The molecule has 0 aromatic heterocycles. The topological polar surface area (TPSA) is 164 Å². The van der Waals surface area contributed by atoms with Gasteiger partial charge in [0.05, 0.1) is 39.4 Å². The van der Waals surface area contributed by atoms with Crippen LogP contribution >= 0.6 is 15.9 Å². The molecule has 0 saturated carbocycles. The van der Waals surface area contributed by atoms with E-state index in [4.69, 9.17) is 9.47 Å². The van der Waals surface area contributed by atoms with E-state index in [0.29, 0.717) is 26.8 Å². The first-order chi connectivity index (χ1) is 22.3. The van der Waals surface area contributed by atoms with Crippen molar-refractivity contribution in [2.45, 2.75) is 51.3 Å². The van der Waals surface area contributed by atoms with Crippen molar-refractivity contribution in [2.24, 2.45) is 10.1 Å². The first-order valence-electron chi connectivity index (χ1n) is 14.3. The Morgan fingerprint density at radius 3 is 2.13 bits per heavy atom. The number of halogens is 1. The molecule has 0 radical (unpaired) electrons. The number of ether oxygens (including phenoxy) is 2. The van der Waals surface area contributed by atoms with Gasteiger partial charge in [-0.05, 0) is 45.4 Å². The van der Waals surface area contributed by atoms with Crippen LogP contribution in [0.2, 0.25) is 0 Å². The van der Waals surface area contributed by atoms with Crippen molar-refractivity contribution in [3.8, 4) is 0 Å². The SMILES string of the molecule is CC(C)OC(=O)N1C(S(=O)Cc2ccc([N+](=O)[O-])cc2Br)=NC2(C(=O)N(c3ccccc3)N=C2c2ccccc2)N1C(=O)OC(C)C. The fraction of sp³-hybridized carbons (Fsp3) is 0.258. The Bertz CT molecular complexity index is 1820. The number of aliphatic imine (C=N–C) groups is 1. The maximum Gasteiger partial charge on any atom is 0.436 e. The second kappa shape index (κ2) is 13.4. The molecule has 0 saturated heterocycles. The van der Waals surface area contributed by atoms with Crippen LogP contribution in [-0.4, -0.2) is 66.0 Å². The number of hydrazone groups is 1. The summed E-state index contributed by atoms with van der Waals surface area (Å²) in [6.07, 6.45) is -3.69. The number of rotatable bonds is 7. The van der Waals surface area contributed by atoms with E-state index in [1.807, 2.05) is 0 Å². The van der Waals surface area contributed by atoms with E-state index in [0.717, 1.165) is 5.01 Å². The zero-order valence-electron chi connectivity index (χ0n) is 25.6. The fourth-order valence-corrected chi connectivity index (χ4v) is 6.75. The van der Waals surface area contributed by atoms with Crippen LogP contribution < -0.4 is 5.01 Å². The fourth-order valence-electron chi connectivity index (χ4n) is 4.81. The van der Waals surface area contributed by atoms with Crippen LogP contribution in [0, 0.1) is 10.1 Å². The molecule has 244 valence electrons. The normalized spacial score (nSPS) is 18.1. The number of nitro groups is 1. The van der Waals surface area contributed by atoms with Crippen LogP contribution in [0.25, 0.3) is 0 Å². The van der Waals surface area contributed by atoms with E-state index in [9.17, 15) is 28.7 Å². The van der Waals surface area contributed by atoms with Crippen LogP contribution in [0.1, 0.15) is 38.8 Å². The summed E-state index contributed by atoms with van der Waals surface area (Å²) in [5.41, 5.74) is -1.54. The molecule has 0 bridgehead atoms. The molecule has 14 nitrogen and oxygen atoms in total. The Kier molecular flexibility index (Phi) is 9.53. The zero-order chi connectivity index (χ0) is 34.0. The molecule has 0 N–H and O–H groups in total. The standard InChI is InChI=1S/C31H29BrN6O8S/c1-19(2)45-29(40)36-28(47(44)18-22-15-16-24(38(42)43)17-25(22)32)33-31(37(36)30(41)46-20(3)4)26(21-11-7-5-8-12-21)34-35(27(31)39)23-13-9-6-10-14-23/h5-17,19-20H,18H2,1-4H3. The average Bonchev–Trinajstić information content (AvgIpc) is 3.54. The van der Waals surface area contributed by atoms with Crippen molar-refractivity contribution < 1.29 is 33.0 Å². The van der Waals surface area contributed by atoms with E-state index in [-0.39, 0.29) is 21.6 Å². The van der Waals surface area contributed by atoms with Gasteiger partial charge in [0.2, 0.25) is 5.17 Å². The molecule has 47 heavy (non-hydrogen) atoms. The number of nitrogens with zero attached hydrogens (tertiary/aromatic N) is 6. The maximum absolute atomic E-state index is 14.7. The Morgan fingerprint density at radius 1 is 0.957 bits per heavy atom. The van der Waals surface area contributed by atoms with Gasteiger partial charge in [0, 0.05) is 22.2 Å². The highest BCUT2D eigenvalue weighted by Crippen LogP contribution is 2.41. The zero-order valence-corrected chi connectivity index (χ0v) is 28.0. The van der Waals surface area contributed by atoms with Gasteiger partial charge in [-0.15, -0.1) is 0 Å². The molecule has 0 fully saturated rings. The van der Waals surface area contributed by atoms with Crippen molar-refractivity contribution in [1.82, 2.24) is 10.0 Å². The van der Waals surface area contributed by atoms with Crippen molar-refractivity contribution >= 4 is 67.1 Å². The van der Waals surface area contributed by atoms with Crippen molar-refractivity contribution in [1.29, 1.82) is 0 Å². The largest absolute Gasteiger partial charge is 0.445 e. The van der Waals surface area contributed by atoms with E-state index in [2.05, 4.69) is 26.0 Å². The van der Waals surface area contributed by atoms with Gasteiger partial charge in [0.25, 0.3) is 11.4 Å². The Balaban J connectivity index is 1.74. The van der Waals surface area contributed by atoms with Crippen molar-refractivity contribution in [3.63, 3.8) is 0 Å². The number of hydrazine groups is 1. The lowest BCUT2D eigenvalue weighted by molar-refractivity contribution is -0.384. The van der Waals surface area contributed by atoms with E-state index < -0.39 is 56.9 Å². The van der Waals surface area contributed by atoms with E-state index >= 15 is 0 Å². The summed E-state index contributed by atoms with van der Waals surface area (Å²) < 4.78 is 25.6. The van der Waals surface area contributed by atoms with Gasteiger partial charge in [-0.2, -0.15) is 20.1 Å². The molecule has 3 amide bonds. The number of para-hydroxylation sites is 1. The minimum Gasteiger partial charge on any atom is -0.445 e. The molecule has 0 aliphatic carbocycles. The Hall–Kier alpha value is -4.96. The van der Waals surface area contributed by atoms with Crippen LogP contribution in [0.5, 0.6) is 0 Å². The number of hydrogen-bond acceptors (Lipinski definition) is 10. The van der Waals surface area contributed by atoms with E-state index in [1.165, 1.54) is 18.2 Å². The monoisotopic (exact) mass is 724 g/mol. The van der Waals surface area contributed by atoms with Crippen LogP contribution in [0.3, 0.4) is 0 Å². The molecule has 2 heterocycles. The molecule has 2 atom stereocenters. The third-order valence-electron chi connectivity index (χ3n) is 6.77. The molecular formula is C31H29BrN6O8S. The number of carbonyl (C=O) groups is 3. The quantitative estimate of drug-likeness (QED) is 0.220. The van der Waals surface area contributed by atoms with Gasteiger partial charge in [-0.3, -0.25) is 19.1 Å². The summed E-state index contributed by atoms with van der Waals surface area (Å²) in [7, 11) is -2.25. The molecule has 1 spiro atoms. The Labute approximate surface area is 280 Å². The van der Waals surface area contributed by atoms with Crippen LogP contribution in [0.15, 0.2) is 93.4 Å². The lowest BCUT2D eigenvalue weighted by Gasteiger charge is -2.35. The third kappa shape index (κ3) is 6.38. The minimum absolute atomic E-state index is 0.0430. The Morgan fingerprint density at radius 2 is 1.55 bits per heavy atom. The van der Waals surface area contributed by atoms with Gasteiger partial charge in [-0.25, -0.2) is 14.6 Å². The molecule has 3 aromatic rings. The predicted molar refractivity (Wildman–Crippen MR) is 177 cm³/mol. The lowest BCUT2D eigenvalue weighted by atomic mass is 9.97. The number of hydrogen-bond donors (Lipinski definition) is 0. The second-order valence-corrected chi connectivity index (χ2v) is 13.0. The molecule has 2 aliphatic rings. The number of non-ortho nitro benzene ring substituents is 1. The van der Waals surface area contributed by atoms with Crippen molar-refractivity contribution in [2.75, 3.05) is 5.01 Å². The first-order valence-corrected chi connectivity index (χ1v) is 16.4. The van der Waals surface area contributed by atoms with Gasteiger partial charge in [0.1, 0.15) is 5.71 Å². The smallest absolute Gasteiger partial charge is 0.436 e. The van der Waals surface area contributed by atoms with Crippen molar-refractivity contribution in [3.05, 3.63) is 105 Å². The maximum atomic E-state index is 14.7. The van der Waals surface area contributed by atoms with Gasteiger partial charge >= 0.3 is 18.1 Å². The van der Waals surface area contributed by atoms with Gasteiger partial charge in [-0.1, -0.05) is 70.5 Å². The molecular weight excluding hydrogens is 696 g/mol.